The SMILES string of the molecule is CCCC(CS(=O)(=O)CCC)NCC. The lowest BCUT2D eigenvalue weighted by Gasteiger charge is -2.16. The van der Waals surface area contributed by atoms with Gasteiger partial charge in [-0.3, -0.25) is 0 Å². The van der Waals surface area contributed by atoms with Gasteiger partial charge >= 0.3 is 0 Å². The predicted octanol–water partition coefficient (Wildman–Crippen LogP) is 1.59. The molecule has 0 saturated heterocycles. The summed E-state index contributed by atoms with van der Waals surface area (Å²) in [5.74, 6) is 0.612. The molecule has 86 valence electrons. The number of nitrogens with one attached hydrogen (secondary N) is 1. The van der Waals surface area contributed by atoms with Crippen molar-refractivity contribution in [2.75, 3.05) is 18.1 Å². The van der Waals surface area contributed by atoms with E-state index in [9.17, 15) is 8.42 Å². The molecular formula is C10H23NO2S. The smallest absolute Gasteiger partial charge is 0.151 e. The zero-order valence-electron chi connectivity index (χ0n) is 9.54. The Morgan fingerprint density at radius 1 is 1.14 bits per heavy atom. The monoisotopic (exact) mass is 221 g/mol. The molecule has 0 rings (SSSR count). The summed E-state index contributed by atoms with van der Waals surface area (Å²) in [5, 5.41) is 3.22. The van der Waals surface area contributed by atoms with Crippen LogP contribution in [0.15, 0.2) is 0 Å². The summed E-state index contributed by atoms with van der Waals surface area (Å²) in [6.45, 7) is 6.83. The quantitative estimate of drug-likeness (QED) is 0.677. The highest BCUT2D eigenvalue weighted by Crippen LogP contribution is 2.03. The van der Waals surface area contributed by atoms with Crippen LogP contribution in [-0.4, -0.2) is 32.5 Å². The first-order chi connectivity index (χ1) is 6.55. The van der Waals surface area contributed by atoms with Crippen molar-refractivity contribution in [3.63, 3.8) is 0 Å². The van der Waals surface area contributed by atoms with Crippen LogP contribution in [0.25, 0.3) is 0 Å². The van der Waals surface area contributed by atoms with Crippen LogP contribution in [0.3, 0.4) is 0 Å². The van der Waals surface area contributed by atoms with Gasteiger partial charge in [0.2, 0.25) is 0 Å². The Morgan fingerprint density at radius 2 is 1.79 bits per heavy atom. The average Bonchev–Trinajstić information content (AvgIpc) is 2.03. The molecule has 0 amide bonds. The van der Waals surface area contributed by atoms with Crippen LogP contribution < -0.4 is 5.32 Å². The van der Waals surface area contributed by atoms with Crippen molar-refractivity contribution in [2.24, 2.45) is 0 Å². The van der Waals surface area contributed by atoms with Gasteiger partial charge in [-0.05, 0) is 19.4 Å². The van der Waals surface area contributed by atoms with Gasteiger partial charge in [-0.2, -0.15) is 0 Å². The molecule has 0 spiro atoms. The van der Waals surface area contributed by atoms with E-state index in [-0.39, 0.29) is 6.04 Å². The van der Waals surface area contributed by atoms with Crippen molar-refractivity contribution in [1.82, 2.24) is 5.32 Å². The molecule has 0 fully saturated rings. The second-order valence-corrected chi connectivity index (χ2v) is 5.89. The first-order valence-electron chi connectivity index (χ1n) is 5.49. The molecule has 0 aromatic carbocycles. The lowest BCUT2D eigenvalue weighted by Crippen LogP contribution is -2.36. The summed E-state index contributed by atoms with van der Waals surface area (Å²) in [4.78, 5) is 0. The summed E-state index contributed by atoms with van der Waals surface area (Å²) < 4.78 is 23.1. The summed E-state index contributed by atoms with van der Waals surface area (Å²) >= 11 is 0. The molecule has 3 nitrogen and oxygen atoms in total. The van der Waals surface area contributed by atoms with E-state index in [2.05, 4.69) is 12.2 Å². The Hall–Kier alpha value is -0.0900. The van der Waals surface area contributed by atoms with Gasteiger partial charge in [0.15, 0.2) is 9.84 Å². The van der Waals surface area contributed by atoms with E-state index in [1.807, 2.05) is 13.8 Å². The molecule has 1 N–H and O–H groups in total. The molecule has 0 aromatic rings. The summed E-state index contributed by atoms with van der Waals surface area (Å²) in [6.07, 6.45) is 2.68. The Balaban J connectivity index is 4.13. The van der Waals surface area contributed by atoms with Crippen LogP contribution in [0.4, 0.5) is 0 Å². The first-order valence-corrected chi connectivity index (χ1v) is 7.31. The van der Waals surface area contributed by atoms with E-state index in [4.69, 9.17) is 0 Å². The summed E-state index contributed by atoms with van der Waals surface area (Å²) in [7, 11) is -2.84. The number of sulfone groups is 1. The molecule has 0 aliphatic carbocycles. The zero-order valence-corrected chi connectivity index (χ0v) is 10.4. The van der Waals surface area contributed by atoms with E-state index >= 15 is 0 Å². The van der Waals surface area contributed by atoms with Crippen LogP contribution in [0.2, 0.25) is 0 Å². The average molecular weight is 221 g/mol. The van der Waals surface area contributed by atoms with Crippen molar-refractivity contribution in [3.05, 3.63) is 0 Å². The lowest BCUT2D eigenvalue weighted by atomic mass is 10.2. The molecule has 0 saturated carbocycles. The van der Waals surface area contributed by atoms with Crippen LogP contribution in [0.1, 0.15) is 40.0 Å². The zero-order chi connectivity index (χ0) is 11.0. The van der Waals surface area contributed by atoms with Gasteiger partial charge < -0.3 is 5.32 Å². The van der Waals surface area contributed by atoms with Gasteiger partial charge in [-0.15, -0.1) is 0 Å². The highest BCUT2D eigenvalue weighted by Gasteiger charge is 2.16. The fourth-order valence-electron chi connectivity index (χ4n) is 1.58. The molecule has 0 aromatic heterocycles. The van der Waals surface area contributed by atoms with Crippen molar-refractivity contribution >= 4 is 9.84 Å². The van der Waals surface area contributed by atoms with Gasteiger partial charge in [0.25, 0.3) is 0 Å². The number of hydrogen-bond donors (Lipinski definition) is 1. The fraction of sp³-hybridized carbons (Fsp3) is 1.00. The fourth-order valence-corrected chi connectivity index (χ4v) is 3.27. The molecule has 0 bridgehead atoms. The minimum atomic E-state index is -2.84. The second kappa shape index (κ2) is 7.23. The van der Waals surface area contributed by atoms with Crippen LogP contribution in [0.5, 0.6) is 0 Å². The first kappa shape index (κ1) is 13.9. The third-order valence-electron chi connectivity index (χ3n) is 2.10. The van der Waals surface area contributed by atoms with Crippen LogP contribution in [-0.2, 0) is 9.84 Å². The molecule has 14 heavy (non-hydrogen) atoms. The van der Waals surface area contributed by atoms with E-state index < -0.39 is 9.84 Å². The molecule has 0 aliphatic rings. The Labute approximate surface area is 88.2 Å². The highest BCUT2D eigenvalue weighted by molar-refractivity contribution is 7.91. The highest BCUT2D eigenvalue weighted by atomic mass is 32.2. The second-order valence-electron chi connectivity index (χ2n) is 3.66. The van der Waals surface area contributed by atoms with Crippen molar-refractivity contribution < 1.29 is 8.42 Å². The van der Waals surface area contributed by atoms with Gasteiger partial charge in [0.1, 0.15) is 0 Å². The molecule has 0 radical (unpaired) electrons. The maximum Gasteiger partial charge on any atom is 0.151 e. The molecule has 0 aliphatic heterocycles. The van der Waals surface area contributed by atoms with Crippen molar-refractivity contribution in [3.8, 4) is 0 Å². The maximum absolute atomic E-state index is 11.6. The largest absolute Gasteiger partial charge is 0.313 e. The van der Waals surface area contributed by atoms with E-state index in [1.165, 1.54) is 0 Å². The van der Waals surface area contributed by atoms with Crippen LogP contribution >= 0.6 is 0 Å². The van der Waals surface area contributed by atoms with Gasteiger partial charge in [-0.25, -0.2) is 8.42 Å². The van der Waals surface area contributed by atoms with Gasteiger partial charge in [0.05, 0.1) is 5.75 Å². The van der Waals surface area contributed by atoms with Gasteiger partial charge in [0, 0.05) is 11.8 Å². The Kier molecular flexibility index (Phi) is 7.19. The minimum absolute atomic E-state index is 0.140. The maximum atomic E-state index is 11.6. The lowest BCUT2D eigenvalue weighted by molar-refractivity contribution is 0.512. The molecule has 4 heteroatoms. The Bertz CT molecular complexity index is 218. The minimum Gasteiger partial charge on any atom is -0.313 e. The third kappa shape index (κ3) is 6.38. The molecule has 1 atom stereocenters. The van der Waals surface area contributed by atoms with Crippen LogP contribution in [0, 0.1) is 0 Å². The Morgan fingerprint density at radius 3 is 2.21 bits per heavy atom. The van der Waals surface area contributed by atoms with Crippen molar-refractivity contribution in [2.45, 2.75) is 46.1 Å². The number of hydrogen-bond acceptors (Lipinski definition) is 3. The van der Waals surface area contributed by atoms with E-state index in [0.29, 0.717) is 17.9 Å². The number of rotatable bonds is 8. The molecule has 0 heterocycles. The summed E-state index contributed by atoms with van der Waals surface area (Å²) in [5.41, 5.74) is 0. The van der Waals surface area contributed by atoms with Crippen molar-refractivity contribution in [1.29, 1.82) is 0 Å². The van der Waals surface area contributed by atoms with E-state index in [0.717, 1.165) is 19.4 Å². The normalized spacial score (nSPS) is 14.2. The molecule has 1 unspecified atom stereocenters. The summed E-state index contributed by atoms with van der Waals surface area (Å²) in [6, 6.07) is 0.140. The standard InChI is InChI=1S/C10H23NO2S/c1-4-7-10(11-6-3)9-14(12,13)8-5-2/h10-11H,4-9H2,1-3H3. The van der Waals surface area contributed by atoms with E-state index in [1.54, 1.807) is 0 Å². The predicted molar refractivity (Wildman–Crippen MR) is 61.3 cm³/mol. The third-order valence-corrected chi connectivity index (χ3v) is 4.04. The molecular weight excluding hydrogens is 198 g/mol. The van der Waals surface area contributed by atoms with Gasteiger partial charge in [-0.1, -0.05) is 27.2 Å². The topological polar surface area (TPSA) is 46.2 Å².